The second kappa shape index (κ2) is 5.07. The first-order chi connectivity index (χ1) is 9.99. The minimum Gasteiger partial charge on any atom is -0.336 e. The lowest BCUT2D eigenvalue weighted by Gasteiger charge is -2.22. The van der Waals surface area contributed by atoms with Gasteiger partial charge < -0.3 is 4.90 Å². The molecule has 1 aromatic heterocycles. The van der Waals surface area contributed by atoms with E-state index in [4.69, 9.17) is 0 Å². The zero-order valence-electron chi connectivity index (χ0n) is 11.7. The van der Waals surface area contributed by atoms with Gasteiger partial charge in [0.25, 0.3) is 0 Å². The Bertz CT molecular complexity index is 681. The molecule has 0 N–H and O–H groups in total. The van der Waals surface area contributed by atoms with E-state index in [1.54, 1.807) is 23.3 Å². The molecule has 110 valence electrons. The molecule has 0 saturated heterocycles. The highest BCUT2D eigenvalue weighted by atomic mass is 32.1. The number of benzene rings is 1. The molecule has 0 spiro atoms. The maximum atomic E-state index is 12.2. The van der Waals surface area contributed by atoms with Crippen LogP contribution < -0.4 is 0 Å². The second-order valence-corrected chi connectivity index (χ2v) is 6.40. The summed E-state index contributed by atoms with van der Waals surface area (Å²) in [6, 6.07) is 6.93. The normalized spacial score (nSPS) is 22.0. The maximum absolute atomic E-state index is 12.2. The van der Waals surface area contributed by atoms with Gasteiger partial charge >= 0.3 is 0 Å². The van der Waals surface area contributed by atoms with E-state index in [1.807, 2.05) is 31.2 Å². The van der Waals surface area contributed by atoms with Crippen molar-refractivity contribution in [3.63, 3.8) is 0 Å². The Morgan fingerprint density at radius 3 is 2.86 bits per heavy atom. The molecule has 1 aromatic carbocycles. The Balaban J connectivity index is 1.76. The van der Waals surface area contributed by atoms with Gasteiger partial charge in [0.2, 0.25) is 11.9 Å². The van der Waals surface area contributed by atoms with Crippen molar-refractivity contribution in [1.82, 2.24) is 9.88 Å². The molecule has 0 bridgehead atoms. The number of nitro groups is 1. The van der Waals surface area contributed by atoms with Gasteiger partial charge in [-0.05, 0) is 19.1 Å². The third-order valence-electron chi connectivity index (χ3n) is 3.94. The number of aromatic nitrogens is 1. The molecule has 21 heavy (non-hydrogen) atoms. The number of carbonyl (C=O) groups is 1. The number of hydrogen-bond donors (Lipinski definition) is 0. The standard InChI is InChI=1S/C14H15N3O3S/c1-8(13-15-10-5-3-4-6-12(10)21-13)16(2)14(18)9-7-11(9)17(19)20/h3-6,8-9,11H,7H2,1-2H3/t8-,9-,11+/m1/s1. The van der Waals surface area contributed by atoms with E-state index in [0.717, 1.165) is 15.2 Å². The zero-order chi connectivity index (χ0) is 15.1. The quantitative estimate of drug-likeness (QED) is 0.642. The van der Waals surface area contributed by atoms with Crippen LogP contribution in [-0.2, 0) is 4.79 Å². The van der Waals surface area contributed by atoms with Crippen molar-refractivity contribution in [1.29, 1.82) is 0 Å². The van der Waals surface area contributed by atoms with Crippen LogP contribution in [0.2, 0.25) is 0 Å². The number of fused-ring (bicyclic) bond motifs is 1. The van der Waals surface area contributed by atoms with Gasteiger partial charge in [0.15, 0.2) is 0 Å². The lowest BCUT2D eigenvalue weighted by molar-refractivity contribution is -0.497. The minimum atomic E-state index is -0.706. The monoisotopic (exact) mass is 305 g/mol. The number of thiazole rings is 1. The summed E-state index contributed by atoms with van der Waals surface area (Å²) in [5.41, 5.74) is 0.916. The fourth-order valence-electron chi connectivity index (χ4n) is 2.37. The molecule has 1 amide bonds. The summed E-state index contributed by atoms with van der Waals surface area (Å²) in [5.74, 6) is -0.634. The molecule has 0 radical (unpaired) electrons. The molecule has 1 heterocycles. The van der Waals surface area contributed by atoms with Gasteiger partial charge in [-0.2, -0.15) is 0 Å². The lowest BCUT2D eigenvalue weighted by Crippen LogP contribution is -2.32. The lowest BCUT2D eigenvalue weighted by atomic mass is 10.2. The van der Waals surface area contributed by atoms with Crippen LogP contribution in [0.3, 0.4) is 0 Å². The van der Waals surface area contributed by atoms with Crippen molar-refractivity contribution in [2.75, 3.05) is 7.05 Å². The Labute approximate surface area is 125 Å². The summed E-state index contributed by atoms with van der Waals surface area (Å²) in [5, 5.41) is 11.5. The molecule has 0 aliphatic heterocycles. The zero-order valence-corrected chi connectivity index (χ0v) is 12.5. The van der Waals surface area contributed by atoms with E-state index in [2.05, 4.69) is 4.98 Å². The van der Waals surface area contributed by atoms with Crippen LogP contribution in [0.1, 0.15) is 24.4 Å². The first-order valence-corrected chi connectivity index (χ1v) is 7.56. The molecule has 1 saturated carbocycles. The molecular weight excluding hydrogens is 290 g/mol. The van der Waals surface area contributed by atoms with Gasteiger partial charge in [0.05, 0.1) is 16.3 Å². The topological polar surface area (TPSA) is 76.3 Å². The molecule has 1 aliphatic rings. The fraction of sp³-hybridized carbons (Fsp3) is 0.429. The summed E-state index contributed by atoms with van der Waals surface area (Å²) < 4.78 is 1.08. The molecular formula is C14H15N3O3S. The minimum absolute atomic E-state index is 0.163. The molecule has 3 rings (SSSR count). The summed E-state index contributed by atoms with van der Waals surface area (Å²) in [6.07, 6.45) is 0.350. The third-order valence-corrected chi connectivity index (χ3v) is 5.15. The molecule has 7 heteroatoms. The predicted molar refractivity (Wildman–Crippen MR) is 79.7 cm³/mol. The number of amides is 1. The van der Waals surface area contributed by atoms with Crippen LogP contribution in [0, 0.1) is 16.0 Å². The SMILES string of the molecule is C[C@H](c1nc2ccccc2s1)N(C)C(=O)[C@@H]1C[C@@H]1[N+](=O)[O-]. The number of nitrogens with zero attached hydrogens (tertiary/aromatic N) is 3. The van der Waals surface area contributed by atoms with Gasteiger partial charge in [-0.25, -0.2) is 4.98 Å². The Hall–Kier alpha value is -2.02. The molecule has 2 aromatic rings. The van der Waals surface area contributed by atoms with Crippen LogP contribution in [-0.4, -0.2) is 33.8 Å². The van der Waals surface area contributed by atoms with E-state index >= 15 is 0 Å². The highest BCUT2D eigenvalue weighted by molar-refractivity contribution is 7.18. The first-order valence-electron chi connectivity index (χ1n) is 6.74. The number of hydrogen-bond acceptors (Lipinski definition) is 5. The third kappa shape index (κ3) is 2.49. The van der Waals surface area contributed by atoms with Crippen molar-refractivity contribution >= 4 is 27.5 Å². The van der Waals surface area contributed by atoms with Crippen molar-refractivity contribution in [2.45, 2.75) is 25.4 Å². The first kappa shape index (κ1) is 13.9. The highest BCUT2D eigenvalue weighted by Gasteiger charge is 2.54. The number of rotatable bonds is 4. The largest absolute Gasteiger partial charge is 0.336 e. The van der Waals surface area contributed by atoms with Gasteiger partial charge in [-0.15, -0.1) is 11.3 Å². The molecule has 1 fully saturated rings. The van der Waals surface area contributed by atoms with E-state index < -0.39 is 12.0 Å². The molecule has 1 aliphatic carbocycles. The summed E-state index contributed by atoms with van der Waals surface area (Å²) in [7, 11) is 1.69. The van der Waals surface area contributed by atoms with Crippen LogP contribution in [0.5, 0.6) is 0 Å². The van der Waals surface area contributed by atoms with Crippen LogP contribution in [0.4, 0.5) is 0 Å². The van der Waals surface area contributed by atoms with Crippen molar-refractivity contribution in [3.8, 4) is 0 Å². The van der Waals surface area contributed by atoms with Gasteiger partial charge in [-0.3, -0.25) is 14.9 Å². The van der Waals surface area contributed by atoms with Gasteiger partial charge in [0.1, 0.15) is 10.9 Å². The Morgan fingerprint density at radius 2 is 2.24 bits per heavy atom. The smallest absolute Gasteiger partial charge is 0.233 e. The summed E-state index contributed by atoms with van der Waals surface area (Å²) >= 11 is 1.55. The van der Waals surface area contributed by atoms with Crippen molar-refractivity contribution in [2.24, 2.45) is 5.92 Å². The van der Waals surface area contributed by atoms with Crippen molar-refractivity contribution < 1.29 is 9.72 Å². The van der Waals surface area contributed by atoms with Crippen LogP contribution >= 0.6 is 11.3 Å². The average molecular weight is 305 g/mol. The Kier molecular flexibility index (Phi) is 3.36. The van der Waals surface area contributed by atoms with Gasteiger partial charge in [-0.1, -0.05) is 12.1 Å². The summed E-state index contributed by atoms with van der Waals surface area (Å²) in [4.78, 5) is 28.7. The van der Waals surface area contributed by atoms with E-state index in [-0.39, 0.29) is 16.9 Å². The van der Waals surface area contributed by atoms with Gasteiger partial charge in [0, 0.05) is 18.4 Å². The van der Waals surface area contributed by atoms with Crippen LogP contribution in [0.25, 0.3) is 10.2 Å². The van der Waals surface area contributed by atoms with Crippen molar-refractivity contribution in [3.05, 3.63) is 39.4 Å². The average Bonchev–Trinajstić information content (AvgIpc) is 3.16. The maximum Gasteiger partial charge on any atom is 0.233 e. The van der Waals surface area contributed by atoms with E-state index in [0.29, 0.717) is 6.42 Å². The molecule has 3 atom stereocenters. The van der Waals surface area contributed by atoms with Crippen LogP contribution in [0.15, 0.2) is 24.3 Å². The Morgan fingerprint density at radius 1 is 1.52 bits per heavy atom. The van der Waals surface area contributed by atoms with E-state index in [1.165, 1.54) is 0 Å². The number of carbonyl (C=O) groups excluding carboxylic acids is 1. The molecule has 0 unspecified atom stereocenters. The second-order valence-electron chi connectivity index (χ2n) is 5.34. The fourth-order valence-corrected chi connectivity index (χ4v) is 3.43. The summed E-state index contributed by atoms with van der Waals surface area (Å²) in [6.45, 7) is 1.90. The predicted octanol–water partition coefficient (Wildman–Crippen LogP) is 2.48. The number of para-hydroxylation sites is 1. The highest BCUT2D eigenvalue weighted by Crippen LogP contribution is 2.37. The molecule has 6 nitrogen and oxygen atoms in total. The van der Waals surface area contributed by atoms with E-state index in [9.17, 15) is 14.9 Å².